The van der Waals surface area contributed by atoms with Crippen LogP contribution in [0, 0.1) is 5.92 Å². The van der Waals surface area contributed by atoms with Crippen molar-refractivity contribution in [3.05, 3.63) is 23.8 Å². The van der Waals surface area contributed by atoms with Crippen molar-refractivity contribution in [3.63, 3.8) is 0 Å². The molecule has 0 saturated carbocycles. The number of fused-ring (bicyclic) bond motifs is 1. The molecule has 1 aromatic carbocycles. The van der Waals surface area contributed by atoms with Crippen molar-refractivity contribution < 1.29 is 19.1 Å². The predicted octanol–water partition coefficient (Wildman–Crippen LogP) is 1.56. The predicted molar refractivity (Wildman–Crippen MR) is 102 cm³/mol. The molecule has 0 spiro atoms. The second kappa shape index (κ2) is 8.80. The Kier molecular flexibility index (Phi) is 6.44. The highest BCUT2D eigenvalue weighted by molar-refractivity contribution is 5.98. The number of hydrogen-bond acceptors (Lipinski definition) is 5. The molecule has 0 aliphatic carbocycles. The number of likely N-dealkylation sites (tertiary alicyclic amines) is 1. The number of rotatable bonds is 4. The molecule has 148 valence electrons. The summed E-state index contributed by atoms with van der Waals surface area (Å²) in [6.07, 6.45) is 3.85. The Balaban J connectivity index is 0.00000210. The van der Waals surface area contributed by atoms with Crippen molar-refractivity contribution in [1.82, 2.24) is 15.5 Å². The summed E-state index contributed by atoms with van der Waals surface area (Å²) in [4.78, 5) is 27.2. The van der Waals surface area contributed by atoms with Gasteiger partial charge in [-0.2, -0.15) is 0 Å². The molecule has 2 fully saturated rings. The molecule has 0 radical (unpaired) electrons. The first-order valence-electron chi connectivity index (χ1n) is 9.41. The van der Waals surface area contributed by atoms with Gasteiger partial charge in [0.15, 0.2) is 11.5 Å². The maximum Gasteiger partial charge on any atom is 0.254 e. The van der Waals surface area contributed by atoms with Crippen LogP contribution in [0.4, 0.5) is 0 Å². The second-order valence-corrected chi connectivity index (χ2v) is 7.18. The van der Waals surface area contributed by atoms with Gasteiger partial charge in [-0.05, 0) is 62.9 Å². The fourth-order valence-corrected chi connectivity index (χ4v) is 3.94. The highest BCUT2D eigenvalue weighted by atomic mass is 35.5. The number of halogens is 1. The number of piperidine rings is 1. The summed E-state index contributed by atoms with van der Waals surface area (Å²) in [6, 6.07) is 4.80. The Morgan fingerprint density at radius 2 is 2.04 bits per heavy atom. The fourth-order valence-electron chi connectivity index (χ4n) is 3.94. The Morgan fingerprint density at radius 3 is 2.85 bits per heavy atom. The molecule has 7 nitrogen and oxygen atoms in total. The minimum absolute atomic E-state index is 0. The van der Waals surface area contributed by atoms with Crippen LogP contribution in [-0.4, -0.2) is 55.7 Å². The first-order valence-corrected chi connectivity index (χ1v) is 9.41. The zero-order valence-electron chi connectivity index (χ0n) is 15.2. The first kappa shape index (κ1) is 19.8. The third kappa shape index (κ3) is 4.30. The average molecular weight is 396 g/mol. The Labute approximate surface area is 165 Å². The summed E-state index contributed by atoms with van der Waals surface area (Å²) in [5.74, 6) is 1.55. The van der Waals surface area contributed by atoms with Crippen molar-refractivity contribution in [2.75, 3.05) is 33.0 Å². The smallest absolute Gasteiger partial charge is 0.254 e. The van der Waals surface area contributed by atoms with Gasteiger partial charge in [0.05, 0.1) is 0 Å². The zero-order chi connectivity index (χ0) is 17.9. The van der Waals surface area contributed by atoms with Crippen LogP contribution in [0.5, 0.6) is 11.5 Å². The van der Waals surface area contributed by atoms with Gasteiger partial charge < -0.3 is 25.0 Å². The zero-order valence-corrected chi connectivity index (χ0v) is 16.1. The van der Waals surface area contributed by atoms with Crippen LogP contribution in [0.1, 0.15) is 36.0 Å². The topological polar surface area (TPSA) is 79.9 Å². The summed E-state index contributed by atoms with van der Waals surface area (Å²) < 4.78 is 10.6. The number of nitrogens with zero attached hydrogens (tertiary/aromatic N) is 1. The lowest BCUT2D eigenvalue weighted by Gasteiger charge is -2.26. The number of benzene rings is 1. The number of carbonyl (C=O) groups excluding carboxylic acids is 2. The normalized spacial score (nSPS) is 23.6. The van der Waals surface area contributed by atoms with E-state index in [-0.39, 0.29) is 37.1 Å². The molecule has 27 heavy (non-hydrogen) atoms. The van der Waals surface area contributed by atoms with E-state index in [1.165, 1.54) is 0 Å². The minimum Gasteiger partial charge on any atom is -0.454 e. The number of hydrogen-bond donors (Lipinski definition) is 2. The van der Waals surface area contributed by atoms with Crippen LogP contribution in [0.2, 0.25) is 0 Å². The third-order valence-corrected chi connectivity index (χ3v) is 5.40. The monoisotopic (exact) mass is 395 g/mol. The molecule has 3 aliphatic rings. The minimum atomic E-state index is -0.385. The van der Waals surface area contributed by atoms with Gasteiger partial charge in [-0.3, -0.25) is 9.59 Å². The second-order valence-electron chi connectivity index (χ2n) is 7.18. The summed E-state index contributed by atoms with van der Waals surface area (Å²) in [5.41, 5.74) is 0.533. The van der Waals surface area contributed by atoms with E-state index in [0.717, 1.165) is 32.4 Å². The van der Waals surface area contributed by atoms with Crippen LogP contribution >= 0.6 is 12.4 Å². The van der Waals surface area contributed by atoms with E-state index in [1.54, 1.807) is 23.1 Å². The Hall–Kier alpha value is -1.99. The standard InChI is InChI=1S/C19H25N3O4.ClH/c23-18(21-11-13-3-1-7-20-10-13)15-4-2-8-22(15)19(24)14-5-6-16-17(9-14)26-12-25-16;/h5-6,9,13,15,20H,1-4,7-8,10-12H2,(H,21,23);1H. The van der Waals surface area contributed by atoms with E-state index in [0.29, 0.717) is 42.5 Å². The number of carbonyl (C=O) groups is 2. The molecule has 3 heterocycles. The molecule has 3 aliphatic heterocycles. The summed E-state index contributed by atoms with van der Waals surface area (Å²) >= 11 is 0. The van der Waals surface area contributed by atoms with Crippen molar-refractivity contribution in [1.29, 1.82) is 0 Å². The molecule has 1 aromatic rings. The number of nitrogens with one attached hydrogen (secondary N) is 2. The van der Waals surface area contributed by atoms with Crippen molar-refractivity contribution in [3.8, 4) is 11.5 Å². The average Bonchev–Trinajstić information content (AvgIpc) is 3.35. The van der Waals surface area contributed by atoms with Gasteiger partial charge in [-0.1, -0.05) is 0 Å². The van der Waals surface area contributed by atoms with Crippen molar-refractivity contribution in [2.24, 2.45) is 5.92 Å². The Morgan fingerprint density at radius 1 is 1.19 bits per heavy atom. The molecule has 2 unspecified atom stereocenters. The van der Waals surface area contributed by atoms with Crippen LogP contribution in [0.15, 0.2) is 18.2 Å². The fraction of sp³-hybridized carbons (Fsp3) is 0.579. The van der Waals surface area contributed by atoms with Gasteiger partial charge in [0, 0.05) is 18.7 Å². The maximum absolute atomic E-state index is 12.9. The lowest BCUT2D eigenvalue weighted by Crippen LogP contribution is -2.48. The number of ether oxygens (including phenoxy) is 2. The molecular formula is C19H26ClN3O4. The molecular weight excluding hydrogens is 370 g/mol. The SMILES string of the molecule is Cl.O=C(NCC1CCCNC1)C1CCCN1C(=O)c1ccc2c(c1)OCO2. The first-order chi connectivity index (χ1) is 12.7. The lowest BCUT2D eigenvalue weighted by molar-refractivity contribution is -0.125. The van der Waals surface area contributed by atoms with Crippen LogP contribution in [-0.2, 0) is 4.79 Å². The van der Waals surface area contributed by atoms with E-state index < -0.39 is 0 Å². The van der Waals surface area contributed by atoms with Gasteiger partial charge in [0.25, 0.3) is 5.91 Å². The highest BCUT2D eigenvalue weighted by Crippen LogP contribution is 2.33. The molecule has 2 N–H and O–H groups in total. The highest BCUT2D eigenvalue weighted by Gasteiger charge is 2.35. The summed E-state index contributed by atoms with van der Waals surface area (Å²) in [6.45, 7) is 3.47. The van der Waals surface area contributed by atoms with E-state index in [2.05, 4.69) is 10.6 Å². The molecule has 0 aromatic heterocycles. The van der Waals surface area contributed by atoms with Gasteiger partial charge in [0.1, 0.15) is 6.04 Å². The summed E-state index contributed by atoms with van der Waals surface area (Å²) in [5, 5.41) is 6.41. The van der Waals surface area contributed by atoms with Gasteiger partial charge in [0.2, 0.25) is 12.7 Å². The van der Waals surface area contributed by atoms with Gasteiger partial charge in [-0.15, -0.1) is 12.4 Å². The third-order valence-electron chi connectivity index (χ3n) is 5.40. The molecule has 2 amide bonds. The van der Waals surface area contributed by atoms with E-state index in [4.69, 9.17) is 9.47 Å². The Bertz CT molecular complexity index is 694. The maximum atomic E-state index is 12.9. The molecule has 2 atom stereocenters. The lowest BCUT2D eigenvalue weighted by atomic mass is 9.99. The number of amides is 2. The van der Waals surface area contributed by atoms with Crippen LogP contribution < -0.4 is 20.1 Å². The van der Waals surface area contributed by atoms with Crippen molar-refractivity contribution in [2.45, 2.75) is 31.7 Å². The molecule has 8 heteroatoms. The molecule has 4 rings (SSSR count). The van der Waals surface area contributed by atoms with Crippen molar-refractivity contribution >= 4 is 24.2 Å². The van der Waals surface area contributed by atoms with Crippen LogP contribution in [0.25, 0.3) is 0 Å². The quantitative estimate of drug-likeness (QED) is 0.808. The van der Waals surface area contributed by atoms with Gasteiger partial charge in [-0.25, -0.2) is 0 Å². The summed E-state index contributed by atoms with van der Waals surface area (Å²) in [7, 11) is 0. The molecule has 2 saturated heterocycles. The van der Waals surface area contributed by atoms with E-state index >= 15 is 0 Å². The van der Waals surface area contributed by atoms with Gasteiger partial charge >= 0.3 is 0 Å². The van der Waals surface area contributed by atoms with E-state index in [1.807, 2.05) is 0 Å². The molecule has 0 bridgehead atoms. The van der Waals surface area contributed by atoms with E-state index in [9.17, 15) is 9.59 Å². The largest absolute Gasteiger partial charge is 0.454 e. The van der Waals surface area contributed by atoms with Crippen LogP contribution in [0.3, 0.4) is 0 Å².